The molecule has 0 spiro atoms. The average molecular weight is 262 g/mol. The third-order valence-corrected chi connectivity index (χ3v) is 2.11. The maximum atomic E-state index is 13.1. The van der Waals surface area contributed by atoms with Crippen LogP contribution in [0.1, 0.15) is 24.2 Å². The molecule has 7 heteroatoms. The average Bonchev–Trinajstić information content (AvgIpc) is 2.15. The second kappa shape index (κ2) is 5.09. The van der Waals surface area contributed by atoms with E-state index in [-0.39, 0.29) is 10.6 Å². The van der Waals surface area contributed by atoms with Gasteiger partial charge in [0.25, 0.3) is 0 Å². The zero-order valence-corrected chi connectivity index (χ0v) is 9.82. The van der Waals surface area contributed by atoms with Crippen molar-refractivity contribution in [1.29, 1.82) is 0 Å². The van der Waals surface area contributed by atoms with Crippen LogP contribution in [0.5, 0.6) is 0 Å². The molecule has 0 aromatic heterocycles. The van der Waals surface area contributed by atoms with E-state index in [0.717, 1.165) is 12.1 Å². The van der Waals surface area contributed by atoms with Crippen molar-refractivity contribution < 1.29 is 18.8 Å². The topological polar surface area (TPSA) is 69.4 Å². The van der Waals surface area contributed by atoms with E-state index in [9.17, 15) is 19.3 Å². The molecule has 0 saturated carbocycles. The number of nitro benzene ring substituents is 1. The molecule has 0 unspecified atom stereocenters. The number of carbonyl (C=O) groups is 1. The number of nitrogens with zero attached hydrogens (tertiary/aromatic N) is 1. The zero-order valence-electron chi connectivity index (χ0n) is 9.07. The number of hydrogen-bond donors (Lipinski definition) is 0. The summed E-state index contributed by atoms with van der Waals surface area (Å²) in [4.78, 5) is 21.1. The number of halogens is 2. The maximum Gasteiger partial charge on any atom is 0.340 e. The predicted octanol–water partition coefficient (Wildman–Crippen LogP) is 2.95. The second-order valence-electron chi connectivity index (χ2n) is 3.49. The SMILES string of the molecule is CC(C)OC(=O)c1cc([N+](=O)[O-])c(F)cc1Cl. The van der Waals surface area contributed by atoms with E-state index in [2.05, 4.69) is 0 Å². The van der Waals surface area contributed by atoms with E-state index in [4.69, 9.17) is 16.3 Å². The van der Waals surface area contributed by atoms with Gasteiger partial charge in [-0.1, -0.05) is 11.6 Å². The van der Waals surface area contributed by atoms with Crippen LogP contribution >= 0.6 is 11.6 Å². The van der Waals surface area contributed by atoms with Gasteiger partial charge in [-0.2, -0.15) is 4.39 Å². The van der Waals surface area contributed by atoms with Crippen LogP contribution in [0.2, 0.25) is 5.02 Å². The first-order valence-electron chi connectivity index (χ1n) is 4.67. The van der Waals surface area contributed by atoms with Crippen molar-refractivity contribution in [2.24, 2.45) is 0 Å². The Morgan fingerprint density at radius 1 is 1.53 bits per heavy atom. The normalized spacial score (nSPS) is 10.4. The van der Waals surface area contributed by atoms with E-state index >= 15 is 0 Å². The fourth-order valence-corrected chi connectivity index (χ4v) is 1.34. The highest BCUT2D eigenvalue weighted by atomic mass is 35.5. The predicted molar refractivity (Wildman–Crippen MR) is 58.6 cm³/mol. The quantitative estimate of drug-likeness (QED) is 0.476. The van der Waals surface area contributed by atoms with Gasteiger partial charge in [0.15, 0.2) is 0 Å². The van der Waals surface area contributed by atoms with E-state index in [1.165, 1.54) is 0 Å². The molecule has 0 heterocycles. The molecule has 0 aliphatic heterocycles. The first kappa shape index (κ1) is 13.4. The fraction of sp³-hybridized carbons (Fsp3) is 0.300. The molecule has 0 N–H and O–H groups in total. The number of carbonyl (C=O) groups excluding carboxylic acids is 1. The summed E-state index contributed by atoms with van der Waals surface area (Å²) in [5.41, 5.74) is -1.04. The van der Waals surface area contributed by atoms with Crippen LogP contribution < -0.4 is 0 Å². The molecule has 0 saturated heterocycles. The van der Waals surface area contributed by atoms with Crippen molar-refractivity contribution in [2.45, 2.75) is 20.0 Å². The van der Waals surface area contributed by atoms with Crippen LogP contribution in [0.4, 0.5) is 10.1 Å². The molecular formula is C10H9ClFNO4. The Kier molecular flexibility index (Phi) is 4.01. The lowest BCUT2D eigenvalue weighted by atomic mass is 10.2. The number of esters is 1. The van der Waals surface area contributed by atoms with Crippen LogP contribution in [-0.2, 0) is 4.74 Å². The molecule has 17 heavy (non-hydrogen) atoms. The summed E-state index contributed by atoms with van der Waals surface area (Å²) >= 11 is 5.62. The molecule has 0 aliphatic carbocycles. The summed E-state index contributed by atoms with van der Waals surface area (Å²) < 4.78 is 18.0. The zero-order chi connectivity index (χ0) is 13.2. The number of rotatable bonds is 3. The number of ether oxygens (including phenoxy) is 1. The summed E-state index contributed by atoms with van der Waals surface area (Å²) in [5.74, 6) is -1.92. The minimum atomic E-state index is -1.10. The van der Waals surface area contributed by atoms with Crippen LogP contribution in [0.3, 0.4) is 0 Å². The molecule has 0 radical (unpaired) electrons. The smallest absolute Gasteiger partial charge is 0.340 e. The molecule has 0 aliphatic rings. The fourth-order valence-electron chi connectivity index (χ4n) is 1.11. The van der Waals surface area contributed by atoms with E-state index in [1.807, 2.05) is 0 Å². The highest BCUT2D eigenvalue weighted by molar-refractivity contribution is 6.33. The van der Waals surface area contributed by atoms with Gasteiger partial charge in [-0.3, -0.25) is 10.1 Å². The third kappa shape index (κ3) is 3.13. The Morgan fingerprint density at radius 2 is 2.12 bits per heavy atom. The van der Waals surface area contributed by atoms with E-state index < -0.39 is 28.5 Å². The minimum absolute atomic E-state index is 0.223. The Labute approximate surface area is 101 Å². The van der Waals surface area contributed by atoms with Crippen LogP contribution in [0.15, 0.2) is 12.1 Å². The van der Waals surface area contributed by atoms with Crippen molar-refractivity contribution in [3.8, 4) is 0 Å². The largest absolute Gasteiger partial charge is 0.459 e. The maximum absolute atomic E-state index is 13.1. The highest BCUT2D eigenvalue weighted by Gasteiger charge is 2.22. The summed E-state index contributed by atoms with van der Waals surface area (Å²) in [5, 5.41) is 10.3. The molecular weight excluding hydrogens is 253 g/mol. The minimum Gasteiger partial charge on any atom is -0.459 e. The summed E-state index contributed by atoms with van der Waals surface area (Å²) in [6.07, 6.45) is -0.400. The first-order chi connectivity index (χ1) is 7.82. The molecule has 0 atom stereocenters. The lowest BCUT2D eigenvalue weighted by molar-refractivity contribution is -0.387. The van der Waals surface area contributed by atoms with Gasteiger partial charge < -0.3 is 4.74 Å². The number of hydrogen-bond acceptors (Lipinski definition) is 4. The molecule has 5 nitrogen and oxygen atoms in total. The second-order valence-corrected chi connectivity index (χ2v) is 3.90. The Balaban J connectivity index is 3.20. The summed E-state index contributed by atoms with van der Waals surface area (Å²) in [6, 6.07) is 1.49. The van der Waals surface area contributed by atoms with Crippen LogP contribution in [0.25, 0.3) is 0 Å². The van der Waals surface area contributed by atoms with Gasteiger partial charge in [0, 0.05) is 12.1 Å². The van der Waals surface area contributed by atoms with Crippen molar-refractivity contribution in [2.75, 3.05) is 0 Å². The van der Waals surface area contributed by atoms with E-state index in [1.54, 1.807) is 13.8 Å². The highest BCUT2D eigenvalue weighted by Crippen LogP contribution is 2.26. The van der Waals surface area contributed by atoms with Gasteiger partial charge in [0.1, 0.15) is 0 Å². The standard InChI is InChI=1S/C10H9ClFNO4/c1-5(2)17-10(14)6-3-9(13(15)16)8(12)4-7(6)11/h3-5H,1-2H3. The molecule has 0 bridgehead atoms. The van der Waals surface area contributed by atoms with Gasteiger partial charge in [-0.25, -0.2) is 4.79 Å². The monoisotopic (exact) mass is 261 g/mol. The van der Waals surface area contributed by atoms with Gasteiger partial charge >= 0.3 is 11.7 Å². The third-order valence-electron chi connectivity index (χ3n) is 1.80. The van der Waals surface area contributed by atoms with Gasteiger partial charge in [0.05, 0.1) is 21.6 Å². The van der Waals surface area contributed by atoms with Gasteiger partial charge in [-0.15, -0.1) is 0 Å². The number of nitro groups is 1. The van der Waals surface area contributed by atoms with Gasteiger partial charge in [0.2, 0.25) is 5.82 Å². The molecule has 1 rings (SSSR count). The Morgan fingerprint density at radius 3 is 2.59 bits per heavy atom. The van der Waals surface area contributed by atoms with Gasteiger partial charge in [-0.05, 0) is 13.8 Å². The lowest BCUT2D eigenvalue weighted by Crippen LogP contribution is -2.12. The molecule has 0 fully saturated rings. The van der Waals surface area contributed by atoms with Crippen molar-refractivity contribution in [1.82, 2.24) is 0 Å². The van der Waals surface area contributed by atoms with Crippen molar-refractivity contribution in [3.05, 3.63) is 38.7 Å². The molecule has 0 amide bonds. The summed E-state index contributed by atoms with van der Waals surface area (Å²) in [7, 11) is 0. The Hall–Kier alpha value is -1.69. The lowest BCUT2D eigenvalue weighted by Gasteiger charge is -2.08. The molecule has 1 aromatic carbocycles. The summed E-state index contributed by atoms with van der Waals surface area (Å²) in [6.45, 7) is 3.23. The van der Waals surface area contributed by atoms with Crippen molar-refractivity contribution >= 4 is 23.3 Å². The number of benzene rings is 1. The van der Waals surface area contributed by atoms with Crippen molar-refractivity contribution in [3.63, 3.8) is 0 Å². The molecule has 92 valence electrons. The van der Waals surface area contributed by atoms with Crippen LogP contribution in [0, 0.1) is 15.9 Å². The van der Waals surface area contributed by atoms with E-state index in [0.29, 0.717) is 0 Å². The molecule has 1 aromatic rings. The van der Waals surface area contributed by atoms with Crippen LogP contribution in [-0.4, -0.2) is 17.0 Å². The first-order valence-corrected chi connectivity index (χ1v) is 5.05. The Bertz CT molecular complexity index is 476.